The third-order valence-corrected chi connectivity index (χ3v) is 1.77. The predicted octanol–water partition coefficient (Wildman–Crippen LogP) is 1.97. The van der Waals surface area contributed by atoms with Gasteiger partial charge in [-0.15, -0.1) is 0 Å². The van der Waals surface area contributed by atoms with Crippen molar-refractivity contribution in [2.24, 2.45) is 0 Å². The van der Waals surface area contributed by atoms with Gasteiger partial charge in [0.25, 0.3) is 0 Å². The van der Waals surface area contributed by atoms with E-state index < -0.39 is 0 Å². The Bertz CT molecular complexity index is 237. The summed E-state index contributed by atoms with van der Waals surface area (Å²) >= 11 is 3.17. The van der Waals surface area contributed by atoms with E-state index in [1.165, 1.54) is 6.07 Å². The Labute approximate surface area is 68.8 Å². The standard InChI is InChI=1S/C7H6BBrF/c1-8-6-3-2-5(9)4-7(6)10/h2-4H,1H3. The molecule has 0 N–H and O–H groups in total. The molecule has 0 nitrogen and oxygen atoms in total. The van der Waals surface area contributed by atoms with Gasteiger partial charge in [0.15, 0.2) is 7.28 Å². The van der Waals surface area contributed by atoms with Gasteiger partial charge < -0.3 is 0 Å². The fraction of sp³-hybridized carbons (Fsp3) is 0.143. The van der Waals surface area contributed by atoms with Crippen LogP contribution in [0.15, 0.2) is 22.7 Å². The van der Waals surface area contributed by atoms with Crippen LogP contribution in [0.25, 0.3) is 0 Å². The molecule has 51 valence electrons. The summed E-state index contributed by atoms with van der Waals surface area (Å²) in [5, 5.41) is 0. The molecular formula is C7H6BBrF. The molecule has 0 amide bonds. The van der Waals surface area contributed by atoms with Gasteiger partial charge in [-0.2, -0.15) is 0 Å². The first kappa shape index (κ1) is 7.80. The van der Waals surface area contributed by atoms with E-state index in [9.17, 15) is 4.39 Å². The van der Waals surface area contributed by atoms with Crippen LogP contribution in [-0.2, 0) is 0 Å². The van der Waals surface area contributed by atoms with E-state index in [-0.39, 0.29) is 5.82 Å². The maximum Gasteiger partial charge on any atom is 0.152 e. The van der Waals surface area contributed by atoms with Crippen molar-refractivity contribution in [1.29, 1.82) is 0 Å². The Kier molecular flexibility index (Phi) is 2.49. The second-order valence-corrected chi connectivity index (χ2v) is 2.87. The zero-order valence-corrected chi connectivity index (χ0v) is 7.15. The maximum atomic E-state index is 12.8. The molecule has 0 atom stereocenters. The number of hydrogen-bond acceptors (Lipinski definition) is 0. The van der Waals surface area contributed by atoms with Crippen LogP contribution in [0, 0.1) is 5.82 Å². The van der Waals surface area contributed by atoms with E-state index in [2.05, 4.69) is 15.9 Å². The molecule has 1 aromatic carbocycles. The van der Waals surface area contributed by atoms with Crippen molar-refractivity contribution in [3.05, 3.63) is 28.5 Å². The third-order valence-electron chi connectivity index (χ3n) is 1.27. The highest BCUT2D eigenvalue weighted by atomic mass is 79.9. The van der Waals surface area contributed by atoms with Crippen LogP contribution < -0.4 is 5.46 Å². The van der Waals surface area contributed by atoms with E-state index in [4.69, 9.17) is 0 Å². The lowest BCUT2D eigenvalue weighted by atomic mass is 9.73. The third kappa shape index (κ3) is 1.60. The number of hydrogen-bond donors (Lipinski definition) is 0. The molecule has 0 heterocycles. The average Bonchev–Trinajstić information content (AvgIpc) is 1.88. The average molecular weight is 200 g/mol. The van der Waals surface area contributed by atoms with Gasteiger partial charge in [-0.25, -0.2) is 4.39 Å². The Morgan fingerprint density at radius 2 is 2.20 bits per heavy atom. The van der Waals surface area contributed by atoms with Crippen molar-refractivity contribution in [2.45, 2.75) is 6.82 Å². The summed E-state index contributed by atoms with van der Waals surface area (Å²) in [6, 6.07) is 5.01. The Morgan fingerprint density at radius 1 is 1.50 bits per heavy atom. The minimum absolute atomic E-state index is 0.183. The molecule has 0 aromatic heterocycles. The number of rotatable bonds is 1. The molecule has 0 bridgehead atoms. The molecule has 0 aliphatic heterocycles. The van der Waals surface area contributed by atoms with Crippen LogP contribution in [0.3, 0.4) is 0 Å². The van der Waals surface area contributed by atoms with Crippen LogP contribution in [0.5, 0.6) is 0 Å². The van der Waals surface area contributed by atoms with Crippen LogP contribution in [-0.4, -0.2) is 7.28 Å². The molecule has 10 heavy (non-hydrogen) atoms. The molecule has 0 aliphatic carbocycles. The molecule has 0 fully saturated rings. The molecule has 0 unspecified atom stereocenters. The molecule has 1 aromatic rings. The van der Waals surface area contributed by atoms with E-state index in [1.54, 1.807) is 13.3 Å². The van der Waals surface area contributed by atoms with Crippen molar-refractivity contribution >= 4 is 28.7 Å². The maximum absolute atomic E-state index is 12.8. The van der Waals surface area contributed by atoms with Crippen LogP contribution in [0.2, 0.25) is 6.82 Å². The number of benzene rings is 1. The summed E-state index contributed by atoms with van der Waals surface area (Å²) in [6.45, 7) is 1.81. The summed E-state index contributed by atoms with van der Waals surface area (Å²) in [7, 11) is 1.74. The van der Waals surface area contributed by atoms with Gasteiger partial charge in [0.1, 0.15) is 5.82 Å². The van der Waals surface area contributed by atoms with Gasteiger partial charge >= 0.3 is 0 Å². The summed E-state index contributed by atoms with van der Waals surface area (Å²) in [6.07, 6.45) is 0. The van der Waals surface area contributed by atoms with Gasteiger partial charge in [0, 0.05) is 4.47 Å². The van der Waals surface area contributed by atoms with Gasteiger partial charge in [-0.05, 0) is 12.1 Å². The first-order chi connectivity index (χ1) is 4.74. The van der Waals surface area contributed by atoms with Crippen LogP contribution >= 0.6 is 15.9 Å². The second-order valence-electron chi connectivity index (χ2n) is 1.95. The van der Waals surface area contributed by atoms with E-state index in [0.29, 0.717) is 5.46 Å². The summed E-state index contributed by atoms with van der Waals surface area (Å²) in [5.41, 5.74) is 0.642. The van der Waals surface area contributed by atoms with Gasteiger partial charge in [0.05, 0.1) is 0 Å². The fourth-order valence-corrected chi connectivity index (χ4v) is 1.07. The summed E-state index contributed by atoms with van der Waals surface area (Å²) in [4.78, 5) is 0. The molecule has 1 radical (unpaired) electrons. The zero-order chi connectivity index (χ0) is 7.56. The monoisotopic (exact) mass is 199 g/mol. The highest BCUT2D eigenvalue weighted by Crippen LogP contribution is 2.08. The van der Waals surface area contributed by atoms with Crippen LogP contribution in [0.1, 0.15) is 0 Å². The zero-order valence-electron chi connectivity index (χ0n) is 5.57. The largest absolute Gasteiger partial charge is 0.208 e. The van der Waals surface area contributed by atoms with Crippen molar-refractivity contribution in [2.75, 3.05) is 0 Å². The molecule has 0 saturated heterocycles. The Hall–Kier alpha value is -0.305. The van der Waals surface area contributed by atoms with Gasteiger partial charge in [-0.3, -0.25) is 0 Å². The molecule has 1 rings (SSSR count). The summed E-state index contributed by atoms with van der Waals surface area (Å²) < 4.78 is 13.6. The van der Waals surface area contributed by atoms with Crippen molar-refractivity contribution in [1.82, 2.24) is 0 Å². The molecule has 0 spiro atoms. The summed E-state index contributed by atoms with van der Waals surface area (Å²) in [5.74, 6) is -0.183. The highest BCUT2D eigenvalue weighted by Gasteiger charge is 1.98. The lowest BCUT2D eigenvalue weighted by molar-refractivity contribution is 0.635. The fourth-order valence-electron chi connectivity index (χ4n) is 0.736. The Balaban J connectivity index is 3.07. The van der Waals surface area contributed by atoms with Gasteiger partial charge in [0.2, 0.25) is 0 Å². The van der Waals surface area contributed by atoms with Crippen molar-refractivity contribution < 1.29 is 4.39 Å². The topological polar surface area (TPSA) is 0 Å². The lowest BCUT2D eigenvalue weighted by Crippen LogP contribution is -2.14. The smallest absolute Gasteiger partial charge is 0.152 e. The molecular weight excluding hydrogens is 194 g/mol. The van der Waals surface area contributed by atoms with Crippen molar-refractivity contribution in [3.63, 3.8) is 0 Å². The second kappa shape index (κ2) is 3.19. The minimum Gasteiger partial charge on any atom is -0.208 e. The Morgan fingerprint density at radius 3 is 2.70 bits per heavy atom. The highest BCUT2D eigenvalue weighted by molar-refractivity contribution is 9.10. The first-order valence-electron chi connectivity index (χ1n) is 2.98. The lowest BCUT2D eigenvalue weighted by Gasteiger charge is -1.97. The van der Waals surface area contributed by atoms with E-state index in [0.717, 1.165) is 4.47 Å². The molecule has 0 aliphatic rings. The minimum atomic E-state index is -0.183. The first-order valence-corrected chi connectivity index (χ1v) is 3.78. The van der Waals surface area contributed by atoms with E-state index >= 15 is 0 Å². The molecule has 0 saturated carbocycles. The quantitative estimate of drug-likeness (QED) is 0.607. The number of halogens is 2. The predicted molar refractivity (Wildman–Crippen MR) is 45.4 cm³/mol. The van der Waals surface area contributed by atoms with E-state index in [1.807, 2.05) is 12.9 Å². The SMILES string of the molecule is C[B]c1ccc(Br)cc1F. The van der Waals surface area contributed by atoms with Gasteiger partial charge in [-0.1, -0.05) is 34.3 Å². The van der Waals surface area contributed by atoms with Crippen LogP contribution in [0.4, 0.5) is 4.39 Å². The van der Waals surface area contributed by atoms with Crippen molar-refractivity contribution in [3.8, 4) is 0 Å². The normalized spacial score (nSPS) is 9.50. The molecule has 3 heteroatoms.